The second kappa shape index (κ2) is 14.7. The van der Waals surface area contributed by atoms with Crippen LogP contribution in [0.3, 0.4) is 0 Å². The normalized spacial score (nSPS) is 14.4. The number of ether oxygens (including phenoxy) is 2. The lowest BCUT2D eigenvalue weighted by molar-refractivity contribution is -0.139. The molecule has 0 spiro atoms. The average molecular weight is 673 g/mol. The molecule has 1 N–H and O–H groups in total. The third-order valence-corrected chi connectivity index (χ3v) is 9.91. The van der Waals surface area contributed by atoms with Crippen LogP contribution in [-0.4, -0.2) is 58.0 Å². The van der Waals surface area contributed by atoms with Gasteiger partial charge >= 0.3 is 0 Å². The topological polar surface area (TPSA) is 105 Å². The first-order valence-electron chi connectivity index (χ1n) is 14.3. The number of hydrogen-bond donors (Lipinski definition) is 1. The van der Waals surface area contributed by atoms with Gasteiger partial charge in [-0.15, -0.1) is 0 Å². The molecule has 0 aliphatic heterocycles. The lowest BCUT2D eigenvalue weighted by Gasteiger charge is -2.33. The summed E-state index contributed by atoms with van der Waals surface area (Å²) in [6.45, 7) is 1.24. The Kier molecular flexibility index (Phi) is 11.1. The van der Waals surface area contributed by atoms with Crippen molar-refractivity contribution < 1.29 is 27.5 Å². The maximum Gasteiger partial charge on any atom is 0.264 e. The number of nitrogens with one attached hydrogen (secondary N) is 1. The number of carbonyl (C=O) groups excluding carboxylic acids is 2. The number of nitrogens with zero attached hydrogens (tertiary/aromatic N) is 2. The minimum atomic E-state index is -4.25. The number of carbonyl (C=O) groups is 2. The highest BCUT2D eigenvalue weighted by Gasteiger charge is 2.34. The number of amides is 2. The van der Waals surface area contributed by atoms with Crippen molar-refractivity contribution in [3.05, 3.63) is 82.8 Å². The van der Waals surface area contributed by atoms with E-state index < -0.39 is 28.5 Å². The van der Waals surface area contributed by atoms with Gasteiger partial charge in [-0.05, 0) is 73.9 Å². The molecule has 11 heteroatoms. The summed E-state index contributed by atoms with van der Waals surface area (Å²) in [4.78, 5) is 29.1. The van der Waals surface area contributed by atoms with E-state index in [1.807, 2.05) is 24.3 Å². The molecule has 1 atom stereocenters. The van der Waals surface area contributed by atoms with Gasteiger partial charge in [0.1, 0.15) is 24.1 Å². The van der Waals surface area contributed by atoms with Crippen molar-refractivity contribution in [1.29, 1.82) is 0 Å². The molecular weight excluding hydrogens is 634 g/mol. The summed E-state index contributed by atoms with van der Waals surface area (Å²) >= 11 is 3.48. The van der Waals surface area contributed by atoms with Crippen LogP contribution in [0.25, 0.3) is 0 Å². The Morgan fingerprint density at radius 3 is 2.30 bits per heavy atom. The van der Waals surface area contributed by atoms with E-state index in [0.29, 0.717) is 5.75 Å². The standard InChI is InChI=1S/C32H38BrN3O6S/c1-23(32(38)34-26-12-5-4-6-13-26)35(21-24-10-9-11-25(33)20-24)31(37)22-36(29-14-7-8-15-30(29)42-3)43(39,40)28-18-16-27(41-2)17-19-28/h7-11,14-20,23,26H,4-6,12-13,21-22H2,1-3H3,(H,34,38)/t23-/m1/s1. The van der Waals surface area contributed by atoms with Crippen LogP contribution in [0.5, 0.6) is 11.5 Å². The number of para-hydroxylation sites is 2. The molecule has 9 nitrogen and oxygen atoms in total. The molecule has 4 rings (SSSR count). The van der Waals surface area contributed by atoms with Crippen LogP contribution >= 0.6 is 15.9 Å². The fraction of sp³-hybridized carbons (Fsp3) is 0.375. The van der Waals surface area contributed by atoms with Crippen LogP contribution in [0.4, 0.5) is 5.69 Å². The highest BCUT2D eigenvalue weighted by molar-refractivity contribution is 9.10. The second-order valence-electron chi connectivity index (χ2n) is 10.5. The molecule has 1 aliphatic carbocycles. The molecule has 3 aromatic carbocycles. The second-order valence-corrected chi connectivity index (χ2v) is 13.3. The lowest BCUT2D eigenvalue weighted by atomic mass is 9.95. The van der Waals surface area contributed by atoms with Crippen LogP contribution in [0, 0.1) is 0 Å². The summed E-state index contributed by atoms with van der Waals surface area (Å²) in [7, 11) is -1.31. The maximum absolute atomic E-state index is 14.2. The minimum absolute atomic E-state index is 0.0198. The van der Waals surface area contributed by atoms with Gasteiger partial charge in [-0.1, -0.05) is 59.5 Å². The fourth-order valence-electron chi connectivity index (χ4n) is 5.21. The van der Waals surface area contributed by atoms with E-state index in [1.165, 1.54) is 31.3 Å². The zero-order chi connectivity index (χ0) is 31.0. The predicted octanol–water partition coefficient (Wildman–Crippen LogP) is 5.53. The molecule has 43 heavy (non-hydrogen) atoms. The number of hydrogen-bond acceptors (Lipinski definition) is 6. The lowest BCUT2D eigenvalue weighted by Crippen LogP contribution is -2.53. The first-order valence-corrected chi connectivity index (χ1v) is 16.5. The molecule has 0 unspecified atom stereocenters. The number of methoxy groups -OCH3 is 2. The van der Waals surface area contributed by atoms with Gasteiger partial charge in [0, 0.05) is 17.1 Å². The molecular formula is C32H38BrN3O6S. The SMILES string of the molecule is COc1ccc(S(=O)(=O)N(CC(=O)N(Cc2cccc(Br)c2)[C@H](C)C(=O)NC2CCCCC2)c2ccccc2OC)cc1. The Morgan fingerprint density at radius 1 is 0.953 bits per heavy atom. The third-order valence-electron chi connectivity index (χ3n) is 7.64. The monoisotopic (exact) mass is 671 g/mol. The van der Waals surface area contributed by atoms with Crippen molar-refractivity contribution in [2.24, 2.45) is 0 Å². The number of rotatable bonds is 12. The van der Waals surface area contributed by atoms with Crippen molar-refractivity contribution in [1.82, 2.24) is 10.2 Å². The molecule has 0 heterocycles. The van der Waals surface area contributed by atoms with E-state index in [9.17, 15) is 18.0 Å². The summed E-state index contributed by atoms with van der Waals surface area (Å²) in [5.41, 5.74) is 0.998. The smallest absolute Gasteiger partial charge is 0.264 e. The summed E-state index contributed by atoms with van der Waals surface area (Å²) < 4.78 is 40.8. The van der Waals surface area contributed by atoms with Crippen LogP contribution in [0.15, 0.2) is 82.2 Å². The van der Waals surface area contributed by atoms with Crippen LogP contribution < -0.4 is 19.1 Å². The molecule has 1 fully saturated rings. The number of benzene rings is 3. The Hall–Kier alpha value is -3.57. The largest absolute Gasteiger partial charge is 0.497 e. The molecule has 230 valence electrons. The van der Waals surface area contributed by atoms with Gasteiger partial charge in [0.25, 0.3) is 10.0 Å². The average Bonchev–Trinajstić information content (AvgIpc) is 3.02. The van der Waals surface area contributed by atoms with Crippen LogP contribution in [0.1, 0.15) is 44.6 Å². The van der Waals surface area contributed by atoms with E-state index in [2.05, 4.69) is 21.2 Å². The van der Waals surface area contributed by atoms with Gasteiger partial charge in [0.05, 0.1) is 24.8 Å². The van der Waals surface area contributed by atoms with Crippen molar-refractivity contribution in [2.45, 2.75) is 62.6 Å². The van der Waals surface area contributed by atoms with Gasteiger partial charge in [-0.2, -0.15) is 0 Å². The summed E-state index contributed by atoms with van der Waals surface area (Å²) in [6, 6.07) is 19.3. The molecule has 0 bridgehead atoms. The Bertz CT molecular complexity index is 1510. The van der Waals surface area contributed by atoms with E-state index in [-0.39, 0.29) is 34.8 Å². The van der Waals surface area contributed by atoms with E-state index in [1.54, 1.807) is 43.3 Å². The molecule has 3 aromatic rings. The van der Waals surface area contributed by atoms with Crippen molar-refractivity contribution in [2.75, 3.05) is 25.1 Å². The first-order chi connectivity index (χ1) is 20.6. The number of sulfonamides is 1. The van der Waals surface area contributed by atoms with Crippen molar-refractivity contribution >= 4 is 43.5 Å². The molecule has 2 amide bonds. The van der Waals surface area contributed by atoms with Crippen LogP contribution in [0.2, 0.25) is 0 Å². The van der Waals surface area contributed by atoms with Crippen LogP contribution in [-0.2, 0) is 26.2 Å². The predicted molar refractivity (Wildman–Crippen MR) is 170 cm³/mol. The quantitative estimate of drug-likeness (QED) is 0.272. The number of anilines is 1. The maximum atomic E-state index is 14.2. The van der Waals surface area contributed by atoms with Gasteiger partial charge < -0.3 is 19.7 Å². The van der Waals surface area contributed by atoms with Gasteiger partial charge in [-0.25, -0.2) is 8.42 Å². The fourth-order valence-corrected chi connectivity index (χ4v) is 7.08. The van der Waals surface area contributed by atoms with Crippen molar-refractivity contribution in [3.8, 4) is 11.5 Å². The number of halogens is 1. The van der Waals surface area contributed by atoms with E-state index in [4.69, 9.17) is 9.47 Å². The highest BCUT2D eigenvalue weighted by Crippen LogP contribution is 2.33. The summed E-state index contributed by atoms with van der Waals surface area (Å²) in [6.07, 6.45) is 5.06. The van der Waals surface area contributed by atoms with E-state index in [0.717, 1.165) is 46.4 Å². The third kappa shape index (κ3) is 8.08. The van der Waals surface area contributed by atoms with Gasteiger partial charge in [0.2, 0.25) is 11.8 Å². The summed E-state index contributed by atoms with van der Waals surface area (Å²) in [5.74, 6) is -0.0164. The van der Waals surface area contributed by atoms with Gasteiger partial charge in [-0.3, -0.25) is 13.9 Å². The Labute approximate surface area is 262 Å². The Morgan fingerprint density at radius 2 is 1.65 bits per heavy atom. The van der Waals surface area contributed by atoms with Crippen molar-refractivity contribution in [3.63, 3.8) is 0 Å². The zero-order valence-electron chi connectivity index (χ0n) is 24.7. The first kappa shape index (κ1) is 32.3. The molecule has 0 radical (unpaired) electrons. The van der Waals surface area contributed by atoms with E-state index >= 15 is 0 Å². The zero-order valence-corrected chi connectivity index (χ0v) is 27.1. The molecule has 0 saturated heterocycles. The van der Waals surface area contributed by atoms with Gasteiger partial charge in [0.15, 0.2) is 0 Å². The molecule has 0 aromatic heterocycles. The Balaban J connectivity index is 1.71. The highest BCUT2D eigenvalue weighted by atomic mass is 79.9. The molecule has 1 saturated carbocycles. The molecule has 1 aliphatic rings. The minimum Gasteiger partial charge on any atom is -0.497 e. The summed E-state index contributed by atoms with van der Waals surface area (Å²) in [5, 5.41) is 3.12.